The second kappa shape index (κ2) is 7.46. The summed E-state index contributed by atoms with van der Waals surface area (Å²) in [6, 6.07) is 9.26. The van der Waals surface area contributed by atoms with Gasteiger partial charge in [0.25, 0.3) is 5.91 Å². The van der Waals surface area contributed by atoms with Crippen LogP contribution in [0.25, 0.3) is 0 Å². The fourth-order valence-electron chi connectivity index (χ4n) is 3.74. The molecule has 1 N–H and O–H groups in total. The monoisotopic (exact) mass is 364 g/mol. The van der Waals surface area contributed by atoms with Crippen molar-refractivity contribution < 1.29 is 13.2 Å². The highest BCUT2D eigenvalue weighted by atomic mass is 32.2. The van der Waals surface area contributed by atoms with E-state index in [1.54, 1.807) is 4.31 Å². The van der Waals surface area contributed by atoms with Gasteiger partial charge in [-0.3, -0.25) is 4.79 Å². The number of rotatable bonds is 7. The van der Waals surface area contributed by atoms with Crippen molar-refractivity contribution in [2.45, 2.75) is 51.0 Å². The summed E-state index contributed by atoms with van der Waals surface area (Å²) >= 11 is 0. The number of amides is 1. The van der Waals surface area contributed by atoms with Gasteiger partial charge in [-0.1, -0.05) is 38.0 Å². The van der Waals surface area contributed by atoms with Gasteiger partial charge in [0.15, 0.2) is 0 Å². The highest BCUT2D eigenvalue weighted by Gasteiger charge is 2.42. The first kappa shape index (κ1) is 18.4. The van der Waals surface area contributed by atoms with Crippen molar-refractivity contribution in [2.24, 2.45) is 5.92 Å². The molecule has 0 radical (unpaired) electrons. The van der Waals surface area contributed by atoms with E-state index in [1.165, 1.54) is 12.8 Å². The van der Waals surface area contributed by atoms with Crippen LogP contribution in [0.3, 0.4) is 0 Å². The summed E-state index contributed by atoms with van der Waals surface area (Å²) in [6.45, 7) is 2.90. The van der Waals surface area contributed by atoms with Gasteiger partial charge in [0.05, 0.1) is 5.75 Å². The van der Waals surface area contributed by atoms with Crippen LogP contribution in [0.2, 0.25) is 0 Å². The third-order valence-corrected chi connectivity index (χ3v) is 7.40. The van der Waals surface area contributed by atoms with Crippen LogP contribution >= 0.6 is 0 Å². The van der Waals surface area contributed by atoms with E-state index in [4.69, 9.17) is 0 Å². The molecule has 0 unspecified atom stereocenters. The summed E-state index contributed by atoms with van der Waals surface area (Å²) in [7, 11) is -3.16. The third-order valence-electron chi connectivity index (χ3n) is 5.33. The summed E-state index contributed by atoms with van der Waals surface area (Å²) in [5.41, 5.74) is 0.394. The number of carbonyl (C=O) groups excluding carboxylic acids is 1. The second-order valence-corrected chi connectivity index (χ2v) is 9.55. The molecule has 1 aromatic rings. The molecule has 0 aromatic heterocycles. The molecule has 25 heavy (non-hydrogen) atoms. The van der Waals surface area contributed by atoms with Crippen LogP contribution in [0, 0.1) is 5.92 Å². The van der Waals surface area contributed by atoms with Crippen molar-refractivity contribution in [3.05, 3.63) is 35.9 Å². The van der Waals surface area contributed by atoms with Crippen LogP contribution in [0.15, 0.2) is 30.3 Å². The molecule has 2 fully saturated rings. The number of nitrogens with one attached hydrogen (secondary N) is 1. The lowest BCUT2D eigenvalue weighted by Gasteiger charge is -2.42. The van der Waals surface area contributed by atoms with E-state index in [9.17, 15) is 13.2 Å². The molecule has 1 aliphatic carbocycles. The van der Waals surface area contributed by atoms with Gasteiger partial charge in [-0.2, -0.15) is 0 Å². The molecule has 0 bridgehead atoms. The summed E-state index contributed by atoms with van der Waals surface area (Å²) < 4.78 is 26.2. The topological polar surface area (TPSA) is 66.5 Å². The zero-order valence-electron chi connectivity index (χ0n) is 14.9. The first-order valence-corrected chi connectivity index (χ1v) is 10.9. The molecular formula is C19H28N2O3S. The van der Waals surface area contributed by atoms with Crippen molar-refractivity contribution in [1.82, 2.24) is 9.62 Å². The van der Waals surface area contributed by atoms with Gasteiger partial charge >= 0.3 is 0 Å². The SMILES string of the molecule is CCCS(=O)(=O)N1CCC(CC2CC2)(NC(=O)c2ccccc2)CC1. The van der Waals surface area contributed by atoms with Crippen LogP contribution in [0.1, 0.15) is 55.8 Å². The fourth-order valence-corrected chi connectivity index (χ4v) is 5.25. The van der Waals surface area contributed by atoms with Gasteiger partial charge in [-0.15, -0.1) is 0 Å². The van der Waals surface area contributed by atoms with Crippen molar-refractivity contribution in [2.75, 3.05) is 18.8 Å². The predicted molar refractivity (Wildman–Crippen MR) is 98.9 cm³/mol. The summed E-state index contributed by atoms with van der Waals surface area (Å²) in [5, 5.41) is 3.26. The van der Waals surface area contributed by atoms with Crippen molar-refractivity contribution in [1.29, 1.82) is 0 Å². The van der Waals surface area contributed by atoms with Crippen LogP contribution < -0.4 is 5.32 Å². The van der Waals surface area contributed by atoms with E-state index < -0.39 is 10.0 Å². The lowest BCUT2D eigenvalue weighted by atomic mass is 9.83. The lowest BCUT2D eigenvalue weighted by Crippen LogP contribution is -2.56. The average molecular weight is 365 g/mol. The van der Waals surface area contributed by atoms with Gasteiger partial charge in [0.1, 0.15) is 0 Å². The molecule has 1 aromatic carbocycles. The zero-order chi connectivity index (χ0) is 17.9. The molecule has 0 spiro atoms. The van der Waals surface area contributed by atoms with Gasteiger partial charge in [-0.25, -0.2) is 12.7 Å². The first-order valence-electron chi connectivity index (χ1n) is 9.29. The highest BCUT2D eigenvalue weighted by Crippen LogP contribution is 2.41. The van der Waals surface area contributed by atoms with Gasteiger partial charge in [0, 0.05) is 24.2 Å². The number of nitrogens with zero attached hydrogens (tertiary/aromatic N) is 1. The number of piperidine rings is 1. The Morgan fingerprint density at radius 3 is 2.40 bits per heavy atom. The Hall–Kier alpha value is -1.40. The maximum atomic E-state index is 12.7. The molecule has 5 nitrogen and oxygen atoms in total. The van der Waals surface area contributed by atoms with E-state index >= 15 is 0 Å². The standard InChI is InChI=1S/C19H28N2O3S/c1-2-14-25(23,24)21-12-10-19(11-13-21,15-16-8-9-16)20-18(22)17-6-4-3-5-7-17/h3-7,16H,2,8-15H2,1H3,(H,20,22). The van der Waals surface area contributed by atoms with E-state index in [-0.39, 0.29) is 17.2 Å². The van der Waals surface area contributed by atoms with E-state index in [1.807, 2.05) is 37.3 Å². The summed E-state index contributed by atoms with van der Waals surface area (Å²) in [4.78, 5) is 12.7. The minimum atomic E-state index is -3.16. The van der Waals surface area contributed by atoms with E-state index in [0.717, 1.165) is 6.42 Å². The van der Waals surface area contributed by atoms with Crippen LogP contribution in [-0.4, -0.2) is 43.0 Å². The second-order valence-electron chi connectivity index (χ2n) is 7.46. The predicted octanol–water partition coefficient (Wildman–Crippen LogP) is 2.79. The van der Waals surface area contributed by atoms with Crippen LogP contribution in [0.5, 0.6) is 0 Å². The minimum absolute atomic E-state index is 0.0499. The quantitative estimate of drug-likeness (QED) is 0.809. The highest BCUT2D eigenvalue weighted by molar-refractivity contribution is 7.89. The maximum absolute atomic E-state index is 12.7. The average Bonchev–Trinajstić information content (AvgIpc) is 3.39. The maximum Gasteiger partial charge on any atom is 0.251 e. The molecule has 1 saturated heterocycles. The zero-order valence-corrected chi connectivity index (χ0v) is 15.7. The van der Waals surface area contributed by atoms with Crippen molar-refractivity contribution in [3.63, 3.8) is 0 Å². The summed E-state index contributed by atoms with van der Waals surface area (Å²) in [6.07, 6.45) is 5.45. The number of hydrogen-bond donors (Lipinski definition) is 1. The van der Waals surface area contributed by atoms with Gasteiger partial charge < -0.3 is 5.32 Å². The Balaban J connectivity index is 1.69. The molecule has 1 heterocycles. The molecule has 1 amide bonds. The minimum Gasteiger partial charge on any atom is -0.346 e. The Labute approximate surface area is 150 Å². The smallest absolute Gasteiger partial charge is 0.251 e. The molecule has 2 aliphatic rings. The number of carbonyl (C=O) groups is 1. The van der Waals surface area contributed by atoms with Gasteiger partial charge in [-0.05, 0) is 43.7 Å². The Bertz CT molecular complexity index is 691. The Morgan fingerprint density at radius 2 is 1.84 bits per heavy atom. The molecule has 138 valence electrons. The molecule has 1 saturated carbocycles. The molecule has 1 aliphatic heterocycles. The van der Waals surface area contributed by atoms with Crippen molar-refractivity contribution >= 4 is 15.9 Å². The van der Waals surface area contributed by atoms with Gasteiger partial charge in [0.2, 0.25) is 10.0 Å². The third kappa shape index (κ3) is 4.61. The van der Waals surface area contributed by atoms with Crippen LogP contribution in [-0.2, 0) is 10.0 Å². The number of sulfonamides is 1. The summed E-state index contributed by atoms with van der Waals surface area (Å²) in [5.74, 6) is 0.833. The molecule has 6 heteroatoms. The Kier molecular flexibility index (Phi) is 5.49. The Morgan fingerprint density at radius 1 is 1.20 bits per heavy atom. The molecule has 0 atom stereocenters. The normalized spacial score (nSPS) is 21.0. The fraction of sp³-hybridized carbons (Fsp3) is 0.632. The molecular weight excluding hydrogens is 336 g/mol. The van der Waals surface area contributed by atoms with E-state index in [2.05, 4.69) is 5.32 Å². The first-order chi connectivity index (χ1) is 11.9. The largest absolute Gasteiger partial charge is 0.346 e. The lowest BCUT2D eigenvalue weighted by molar-refractivity contribution is 0.0837. The molecule has 3 rings (SSSR count). The van der Waals surface area contributed by atoms with Crippen LogP contribution in [0.4, 0.5) is 0 Å². The van der Waals surface area contributed by atoms with Crippen molar-refractivity contribution in [3.8, 4) is 0 Å². The number of hydrogen-bond acceptors (Lipinski definition) is 3. The van der Waals surface area contributed by atoms with E-state index in [0.29, 0.717) is 43.8 Å². The number of benzene rings is 1.